The van der Waals surface area contributed by atoms with E-state index < -0.39 is 33.6 Å². The van der Waals surface area contributed by atoms with E-state index in [4.69, 9.17) is 23.2 Å². The molecular weight excluding hydrogens is 316 g/mol. The predicted molar refractivity (Wildman–Crippen MR) is 60.7 cm³/mol. The second kappa shape index (κ2) is 5.13. The largest absolute Gasteiger partial charge is 0.458 e. The summed E-state index contributed by atoms with van der Waals surface area (Å²) in [6.07, 6.45) is -5.82. The first-order valence-corrected chi connectivity index (χ1v) is 5.44. The van der Waals surface area contributed by atoms with E-state index in [9.17, 15) is 26.7 Å². The molecule has 2 nitrogen and oxygen atoms in total. The lowest BCUT2D eigenvalue weighted by Gasteiger charge is -2.22. The Morgan fingerprint density at radius 1 is 1.11 bits per heavy atom. The normalized spacial score (nSPS) is 12.4. The van der Waals surface area contributed by atoms with Gasteiger partial charge in [-0.25, -0.2) is 0 Å². The number of rotatable bonds is 2. The fourth-order valence-corrected chi connectivity index (χ4v) is 2.01. The zero-order valence-corrected chi connectivity index (χ0v) is 10.7. The first-order valence-electron chi connectivity index (χ1n) is 4.68. The van der Waals surface area contributed by atoms with Crippen molar-refractivity contribution in [1.29, 1.82) is 0 Å². The summed E-state index contributed by atoms with van der Waals surface area (Å²) in [4.78, 5) is 10.8. The number of halogens is 7. The molecule has 1 aromatic carbocycles. The number of carbonyl (C=O) groups excluding carboxylic acids is 1. The molecule has 1 amide bonds. The third kappa shape index (κ3) is 3.27. The fourth-order valence-electron chi connectivity index (χ4n) is 1.29. The fraction of sp³-hybridized carbons (Fsp3) is 0.300. The lowest BCUT2D eigenvalue weighted by Crippen LogP contribution is -2.34. The zero-order chi connectivity index (χ0) is 15.0. The van der Waals surface area contributed by atoms with Gasteiger partial charge in [0, 0.05) is 12.6 Å². The first-order chi connectivity index (χ1) is 8.46. The van der Waals surface area contributed by atoms with Crippen LogP contribution in [0.3, 0.4) is 0 Å². The Bertz CT molecular complexity index is 492. The van der Waals surface area contributed by atoms with Gasteiger partial charge in [-0.2, -0.15) is 22.0 Å². The van der Waals surface area contributed by atoms with Gasteiger partial charge in [0.2, 0.25) is 5.91 Å². The maximum Gasteiger partial charge on any atom is 0.458 e. The molecule has 1 N–H and O–H groups in total. The second-order valence-electron chi connectivity index (χ2n) is 3.57. The van der Waals surface area contributed by atoms with Gasteiger partial charge in [-0.1, -0.05) is 23.2 Å². The van der Waals surface area contributed by atoms with Crippen molar-refractivity contribution in [3.05, 3.63) is 27.7 Å². The molecule has 0 fully saturated rings. The van der Waals surface area contributed by atoms with Crippen LogP contribution >= 0.6 is 23.2 Å². The highest BCUT2D eigenvalue weighted by atomic mass is 35.5. The van der Waals surface area contributed by atoms with Gasteiger partial charge >= 0.3 is 12.1 Å². The summed E-state index contributed by atoms with van der Waals surface area (Å²) in [5, 5.41) is 0.389. The van der Waals surface area contributed by atoms with Crippen molar-refractivity contribution < 1.29 is 26.7 Å². The average molecular weight is 322 g/mol. The molecule has 0 radical (unpaired) electrons. The van der Waals surface area contributed by atoms with Crippen LogP contribution in [0.15, 0.2) is 12.1 Å². The molecule has 19 heavy (non-hydrogen) atoms. The Labute approximate surface area is 114 Å². The summed E-state index contributed by atoms with van der Waals surface area (Å²) in [7, 11) is 0. The van der Waals surface area contributed by atoms with Crippen molar-refractivity contribution >= 4 is 34.8 Å². The van der Waals surface area contributed by atoms with E-state index in [0.29, 0.717) is 0 Å². The Morgan fingerprint density at radius 2 is 1.53 bits per heavy atom. The molecule has 106 valence electrons. The molecule has 0 bridgehead atoms. The molecule has 0 saturated heterocycles. The van der Waals surface area contributed by atoms with Crippen molar-refractivity contribution in [2.45, 2.75) is 19.0 Å². The Balaban J connectivity index is 3.36. The van der Waals surface area contributed by atoms with E-state index in [-0.39, 0.29) is 5.69 Å². The highest BCUT2D eigenvalue weighted by Crippen LogP contribution is 2.49. The van der Waals surface area contributed by atoms with Crippen LogP contribution in [0.25, 0.3) is 0 Å². The van der Waals surface area contributed by atoms with Gasteiger partial charge in [-0.3, -0.25) is 4.79 Å². The molecule has 0 aliphatic carbocycles. The van der Waals surface area contributed by atoms with E-state index in [1.54, 1.807) is 0 Å². The minimum Gasteiger partial charge on any atom is -0.326 e. The molecule has 0 heterocycles. The van der Waals surface area contributed by atoms with E-state index in [2.05, 4.69) is 5.32 Å². The van der Waals surface area contributed by atoms with Gasteiger partial charge < -0.3 is 5.32 Å². The topological polar surface area (TPSA) is 29.1 Å². The number of hydrogen-bond acceptors (Lipinski definition) is 1. The van der Waals surface area contributed by atoms with Crippen molar-refractivity contribution in [2.24, 2.45) is 0 Å². The van der Waals surface area contributed by atoms with Crippen LogP contribution in [0.4, 0.5) is 27.6 Å². The Kier molecular flexibility index (Phi) is 4.31. The summed E-state index contributed by atoms with van der Waals surface area (Å²) in [5.74, 6) is -5.74. The highest BCUT2D eigenvalue weighted by molar-refractivity contribution is 6.36. The quantitative estimate of drug-likeness (QED) is 0.792. The predicted octanol–water partition coefficient (Wildman–Crippen LogP) is 4.61. The monoisotopic (exact) mass is 321 g/mol. The summed E-state index contributed by atoms with van der Waals surface area (Å²) >= 11 is 10.8. The smallest absolute Gasteiger partial charge is 0.326 e. The van der Waals surface area contributed by atoms with Crippen molar-refractivity contribution in [3.8, 4) is 0 Å². The molecule has 0 saturated carbocycles. The molecule has 0 aromatic heterocycles. The molecule has 0 atom stereocenters. The van der Waals surface area contributed by atoms with Gasteiger partial charge in [0.25, 0.3) is 0 Å². The molecule has 9 heteroatoms. The maximum absolute atomic E-state index is 13.2. The minimum absolute atomic E-state index is 0.0794. The number of amides is 1. The lowest BCUT2D eigenvalue weighted by molar-refractivity contribution is -0.289. The van der Waals surface area contributed by atoms with Crippen LogP contribution in [-0.2, 0) is 10.7 Å². The molecule has 1 aromatic rings. The van der Waals surface area contributed by atoms with Gasteiger partial charge in [0.05, 0.1) is 15.6 Å². The SMILES string of the molecule is CC(=O)Nc1cc(Cl)c(C(F)(F)C(F)(F)F)c(Cl)c1. The number of hydrogen-bond donors (Lipinski definition) is 1. The van der Waals surface area contributed by atoms with E-state index in [1.165, 1.54) is 0 Å². The van der Waals surface area contributed by atoms with Crippen molar-refractivity contribution in [1.82, 2.24) is 0 Å². The summed E-state index contributed by atoms with van der Waals surface area (Å²) in [6, 6.07) is 1.54. The van der Waals surface area contributed by atoms with Gasteiger partial charge in [-0.05, 0) is 12.1 Å². The van der Waals surface area contributed by atoms with Crippen molar-refractivity contribution in [2.75, 3.05) is 5.32 Å². The molecule has 0 unspecified atom stereocenters. The molecule has 1 rings (SSSR count). The third-order valence-corrected chi connectivity index (χ3v) is 2.63. The molecule has 0 aliphatic heterocycles. The van der Waals surface area contributed by atoms with E-state index in [0.717, 1.165) is 19.1 Å². The Hall–Kier alpha value is -1.08. The number of carbonyl (C=O) groups is 1. The van der Waals surface area contributed by atoms with Crippen LogP contribution in [-0.4, -0.2) is 12.1 Å². The molecule has 0 aliphatic rings. The van der Waals surface area contributed by atoms with Crippen LogP contribution in [0.2, 0.25) is 10.0 Å². The van der Waals surface area contributed by atoms with Gasteiger partial charge in [0.1, 0.15) is 0 Å². The minimum atomic E-state index is -5.82. The number of nitrogens with one attached hydrogen (secondary N) is 1. The Morgan fingerprint density at radius 3 is 1.84 bits per heavy atom. The van der Waals surface area contributed by atoms with Gasteiger partial charge in [-0.15, -0.1) is 0 Å². The lowest BCUT2D eigenvalue weighted by atomic mass is 10.1. The van der Waals surface area contributed by atoms with E-state index >= 15 is 0 Å². The molecular formula is C10H6Cl2F5NO. The summed E-state index contributed by atoms with van der Waals surface area (Å²) in [6.45, 7) is 1.13. The zero-order valence-electron chi connectivity index (χ0n) is 9.21. The van der Waals surface area contributed by atoms with Crippen LogP contribution in [0, 0.1) is 0 Å². The average Bonchev–Trinajstić information content (AvgIpc) is 2.11. The molecule has 0 spiro atoms. The summed E-state index contributed by atoms with van der Waals surface area (Å²) in [5.41, 5.74) is -1.62. The van der Waals surface area contributed by atoms with Gasteiger partial charge in [0.15, 0.2) is 0 Å². The van der Waals surface area contributed by atoms with Crippen molar-refractivity contribution in [3.63, 3.8) is 0 Å². The summed E-state index contributed by atoms with van der Waals surface area (Å²) < 4.78 is 63.2. The van der Waals surface area contributed by atoms with Crippen LogP contribution in [0.5, 0.6) is 0 Å². The van der Waals surface area contributed by atoms with Crippen LogP contribution < -0.4 is 5.32 Å². The highest BCUT2D eigenvalue weighted by Gasteiger charge is 2.60. The van der Waals surface area contributed by atoms with E-state index in [1.807, 2.05) is 0 Å². The first kappa shape index (κ1) is 16.0. The second-order valence-corrected chi connectivity index (χ2v) is 4.38. The maximum atomic E-state index is 13.2. The standard InChI is InChI=1S/C10H6Cl2F5NO/c1-4(19)18-5-2-6(11)8(7(12)3-5)9(13,14)10(15,16)17/h2-3H,1H3,(H,18,19). The number of anilines is 1. The number of benzene rings is 1. The third-order valence-electron chi connectivity index (χ3n) is 2.03. The number of alkyl halides is 5. The van der Waals surface area contributed by atoms with Crippen LogP contribution in [0.1, 0.15) is 12.5 Å².